The number of carbonyl (C=O) groups excluding carboxylic acids is 1. The van der Waals surface area contributed by atoms with Gasteiger partial charge in [0.05, 0.1) is 11.9 Å². The molecule has 170 valence electrons. The van der Waals surface area contributed by atoms with E-state index in [1.807, 2.05) is 35.5 Å². The van der Waals surface area contributed by atoms with Crippen molar-refractivity contribution in [2.75, 3.05) is 49.1 Å². The molecule has 0 aromatic carbocycles. The van der Waals surface area contributed by atoms with Gasteiger partial charge in [0.2, 0.25) is 5.91 Å². The molecule has 5 rings (SSSR count). The zero-order chi connectivity index (χ0) is 21.9. The van der Waals surface area contributed by atoms with Crippen LogP contribution in [0.1, 0.15) is 32.1 Å². The number of carbonyl (C=O) groups is 1. The second kappa shape index (κ2) is 9.30. The van der Waals surface area contributed by atoms with Gasteiger partial charge in [-0.25, -0.2) is 9.67 Å². The van der Waals surface area contributed by atoms with E-state index in [2.05, 4.69) is 19.9 Å². The van der Waals surface area contributed by atoms with E-state index in [-0.39, 0.29) is 11.5 Å². The summed E-state index contributed by atoms with van der Waals surface area (Å²) >= 11 is 0. The zero-order valence-corrected chi connectivity index (χ0v) is 18.6. The summed E-state index contributed by atoms with van der Waals surface area (Å²) in [6, 6.07) is 7.66. The molecule has 0 radical (unpaired) electrons. The van der Waals surface area contributed by atoms with E-state index in [0.29, 0.717) is 18.3 Å². The minimum atomic E-state index is -0.0154. The third-order valence-corrected chi connectivity index (χ3v) is 6.94. The average Bonchev–Trinajstić information content (AvgIpc) is 3.65. The number of nitrogens with zero attached hydrogens (tertiary/aromatic N) is 6. The SMILES string of the molecule is O=C(CC1CCCN(c2cnn(CC3CC3)c(=O)c2)C1)N1CCN(c2ccccn2)CC1. The summed E-state index contributed by atoms with van der Waals surface area (Å²) in [7, 11) is 0. The largest absolute Gasteiger partial charge is 0.370 e. The topological polar surface area (TPSA) is 74.6 Å². The van der Waals surface area contributed by atoms with E-state index in [9.17, 15) is 9.59 Å². The molecule has 1 atom stereocenters. The maximum Gasteiger partial charge on any atom is 0.268 e. The maximum atomic E-state index is 13.0. The van der Waals surface area contributed by atoms with Crippen molar-refractivity contribution in [3.8, 4) is 0 Å². The normalized spacial score (nSPS) is 21.6. The van der Waals surface area contributed by atoms with Crippen molar-refractivity contribution in [2.45, 2.75) is 38.6 Å². The molecule has 0 spiro atoms. The smallest absolute Gasteiger partial charge is 0.268 e. The van der Waals surface area contributed by atoms with Gasteiger partial charge in [0, 0.05) is 64.5 Å². The molecule has 2 aliphatic heterocycles. The van der Waals surface area contributed by atoms with Crippen LogP contribution in [0.3, 0.4) is 0 Å². The molecule has 2 aromatic rings. The third kappa shape index (κ3) is 4.95. The van der Waals surface area contributed by atoms with E-state index in [1.54, 1.807) is 10.7 Å². The Morgan fingerprint density at radius 3 is 2.56 bits per heavy atom. The summed E-state index contributed by atoms with van der Waals surface area (Å²) in [6.07, 6.45) is 8.72. The number of hydrogen-bond acceptors (Lipinski definition) is 6. The van der Waals surface area contributed by atoms with Crippen LogP contribution in [0.2, 0.25) is 0 Å². The molecule has 1 amide bonds. The summed E-state index contributed by atoms with van der Waals surface area (Å²) in [4.78, 5) is 36.3. The number of piperidine rings is 1. The third-order valence-electron chi connectivity index (χ3n) is 6.94. The number of pyridine rings is 1. The Hall–Kier alpha value is -2.90. The van der Waals surface area contributed by atoms with Crippen LogP contribution < -0.4 is 15.4 Å². The molecule has 2 saturated heterocycles. The molecule has 2 aromatic heterocycles. The summed E-state index contributed by atoms with van der Waals surface area (Å²) in [5.74, 6) is 2.17. The summed E-state index contributed by atoms with van der Waals surface area (Å²) < 4.78 is 1.59. The molecule has 8 nitrogen and oxygen atoms in total. The fraction of sp³-hybridized carbons (Fsp3) is 0.583. The summed E-state index contributed by atoms with van der Waals surface area (Å²) in [5.41, 5.74) is 0.876. The van der Waals surface area contributed by atoms with Crippen molar-refractivity contribution in [1.82, 2.24) is 19.7 Å². The molecule has 1 aliphatic carbocycles. The number of rotatable bonds is 6. The minimum absolute atomic E-state index is 0.0154. The average molecular weight is 437 g/mol. The first-order valence-corrected chi connectivity index (χ1v) is 11.9. The lowest BCUT2D eigenvalue weighted by Gasteiger charge is -2.38. The molecule has 0 N–H and O–H groups in total. The first kappa shape index (κ1) is 21.0. The van der Waals surface area contributed by atoms with Gasteiger partial charge in [0.1, 0.15) is 5.82 Å². The van der Waals surface area contributed by atoms with Crippen molar-refractivity contribution >= 4 is 17.4 Å². The van der Waals surface area contributed by atoms with Crippen molar-refractivity contribution in [2.24, 2.45) is 11.8 Å². The molecule has 1 unspecified atom stereocenters. The quantitative estimate of drug-likeness (QED) is 0.690. The molecular formula is C24H32N6O2. The van der Waals surface area contributed by atoms with Crippen LogP contribution in [0.4, 0.5) is 11.5 Å². The lowest BCUT2D eigenvalue weighted by Crippen LogP contribution is -2.49. The van der Waals surface area contributed by atoms with Gasteiger partial charge in [-0.3, -0.25) is 9.59 Å². The Labute approximate surface area is 188 Å². The van der Waals surface area contributed by atoms with Gasteiger partial charge in [-0.15, -0.1) is 0 Å². The number of hydrogen-bond donors (Lipinski definition) is 0. The number of anilines is 2. The molecule has 0 bridgehead atoms. The van der Waals surface area contributed by atoms with Gasteiger partial charge in [0.15, 0.2) is 0 Å². The van der Waals surface area contributed by atoms with E-state index in [4.69, 9.17) is 0 Å². The molecule has 8 heteroatoms. The molecule has 4 heterocycles. The highest BCUT2D eigenvalue weighted by Crippen LogP contribution is 2.30. The van der Waals surface area contributed by atoms with E-state index in [0.717, 1.165) is 70.2 Å². The molecule has 1 saturated carbocycles. The highest BCUT2D eigenvalue weighted by molar-refractivity contribution is 5.77. The van der Waals surface area contributed by atoms with E-state index in [1.165, 1.54) is 12.8 Å². The second-order valence-corrected chi connectivity index (χ2v) is 9.39. The van der Waals surface area contributed by atoms with Gasteiger partial charge in [-0.05, 0) is 49.7 Å². The van der Waals surface area contributed by atoms with Crippen LogP contribution in [0.25, 0.3) is 0 Å². The summed E-state index contributed by atoms with van der Waals surface area (Å²) in [5, 5.41) is 4.40. The van der Waals surface area contributed by atoms with Crippen LogP contribution >= 0.6 is 0 Å². The van der Waals surface area contributed by atoms with Crippen LogP contribution in [-0.2, 0) is 11.3 Å². The Balaban J connectivity index is 1.14. The van der Waals surface area contributed by atoms with E-state index >= 15 is 0 Å². The number of aromatic nitrogens is 3. The molecular weight excluding hydrogens is 404 g/mol. The lowest BCUT2D eigenvalue weighted by molar-refractivity contribution is -0.132. The lowest BCUT2D eigenvalue weighted by atomic mass is 9.93. The van der Waals surface area contributed by atoms with Crippen LogP contribution in [0.15, 0.2) is 41.5 Å². The second-order valence-electron chi connectivity index (χ2n) is 9.39. The first-order chi connectivity index (χ1) is 15.7. The molecule has 32 heavy (non-hydrogen) atoms. The van der Waals surface area contributed by atoms with Crippen molar-refractivity contribution < 1.29 is 4.79 Å². The Morgan fingerprint density at radius 2 is 1.84 bits per heavy atom. The van der Waals surface area contributed by atoms with Crippen LogP contribution in [0, 0.1) is 11.8 Å². The van der Waals surface area contributed by atoms with Crippen molar-refractivity contribution in [3.05, 3.63) is 47.0 Å². The molecule has 3 aliphatic rings. The predicted molar refractivity (Wildman–Crippen MR) is 124 cm³/mol. The fourth-order valence-electron chi connectivity index (χ4n) is 4.85. The minimum Gasteiger partial charge on any atom is -0.370 e. The summed E-state index contributed by atoms with van der Waals surface area (Å²) in [6.45, 7) is 5.60. The van der Waals surface area contributed by atoms with Crippen molar-refractivity contribution in [1.29, 1.82) is 0 Å². The monoisotopic (exact) mass is 436 g/mol. The van der Waals surface area contributed by atoms with E-state index < -0.39 is 0 Å². The zero-order valence-electron chi connectivity index (χ0n) is 18.6. The highest BCUT2D eigenvalue weighted by Gasteiger charge is 2.28. The Bertz CT molecular complexity index is 981. The molecule has 3 fully saturated rings. The predicted octanol–water partition coefficient (Wildman–Crippen LogP) is 2.00. The Morgan fingerprint density at radius 1 is 1.00 bits per heavy atom. The van der Waals surface area contributed by atoms with Gasteiger partial charge >= 0.3 is 0 Å². The van der Waals surface area contributed by atoms with Gasteiger partial charge in [0.25, 0.3) is 5.56 Å². The fourth-order valence-corrected chi connectivity index (χ4v) is 4.85. The van der Waals surface area contributed by atoms with Gasteiger partial charge in [-0.2, -0.15) is 5.10 Å². The number of piperazine rings is 1. The standard InChI is InChI=1S/C24H32N6O2/c31-23(28-12-10-27(11-13-28)22-5-1-2-8-25-22)14-20-4-3-9-29(17-20)21-15-24(32)30(26-16-21)18-19-6-7-19/h1-2,5,8,15-16,19-20H,3-4,6-7,9-14,17-18H2. The number of amides is 1. The van der Waals surface area contributed by atoms with Gasteiger partial charge < -0.3 is 14.7 Å². The highest BCUT2D eigenvalue weighted by atomic mass is 16.2. The Kier molecular flexibility index (Phi) is 6.10. The van der Waals surface area contributed by atoms with Crippen molar-refractivity contribution in [3.63, 3.8) is 0 Å². The van der Waals surface area contributed by atoms with Crippen LogP contribution in [0.5, 0.6) is 0 Å². The first-order valence-electron chi connectivity index (χ1n) is 11.9. The van der Waals surface area contributed by atoms with Crippen LogP contribution in [-0.4, -0.2) is 64.8 Å². The van der Waals surface area contributed by atoms with Gasteiger partial charge in [-0.1, -0.05) is 6.07 Å². The maximum absolute atomic E-state index is 13.0.